The van der Waals surface area contributed by atoms with Crippen molar-refractivity contribution in [2.45, 2.75) is 41.7 Å². The fourth-order valence-electron chi connectivity index (χ4n) is 2.69. The smallest absolute Gasteiger partial charge is 0.241 e. The third-order valence-corrected chi connectivity index (χ3v) is 7.82. The fraction of sp³-hybridized carbons (Fsp3) is 0.571. The molecule has 0 saturated heterocycles. The molecular weight excluding hydrogens is 372 g/mol. The number of hydrogen-bond donors (Lipinski definition) is 2. The van der Waals surface area contributed by atoms with Crippen LogP contribution in [0.1, 0.15) is 32.1 Å². The molecule has 1 aliphatic carbocycles. The van der Waals surface area contributed by atoms with E-state index in [9.17, 15) is 8.42 Å². The van der Waals surface area contributed by atoms with Gasteiger partial charge in [0.15, 0.2) is 0 Å². The third kappa shape index (κ3) is 4.15. The quantitative estimate of drug-likeness (QED) is 0.753. The van der Waals surface area contributed by atoms with Crippen LogP contribution in [0.5, 0.6) is 0 Å². The van der Waals surface area contributed by atoms with Gasteiger partial charge < -0.3 is 5.73 Å². The molecule has 0 unspecified atom stereocenters. The molecule has 1 fully saturated rings. The van der Waals surface area contributed by atoms with Crippen LogP contribution in [-0.4, -0.2) is 26.0 Å². The first kappa shape index (κ1) is 17.1. The van der Waals surface area contributed by atoms with Gasteiger partial charge in [0, 0.05) is 21.5 Å². The van der Waals surface area contributed by atoms with Gasteiger partial charge in [-0.25, -0.2) is 13.1 Å². The van der Waals surface area contributed by atoms with E-state index in [1.165, 1.54) is 25.3 Å². The molecule has 0 aromatic heterocycles. The van der Waals surface area contributed by atoms with E-state index >= 15 is 0 Å². The van der Waals surface area contributed by atoms with Gasteiger partial charge in [0.05, 0.1) is 4.90 Å². The highest BCUT2D eigenvalue weighted by Crippen LogP contribution is 2.38. The van der Waals surface area contributed by atoms with Crippen molar-refractivity contribution in [3.63, 3.8) is 0 Å². The van der Waals surface area contributed by atoms with Gasteiger partial charge in [-0.2, -0.15) is 11.8 Å². The summed E-state index contributed by atoms with van der Waals surface area (Å²) in [7, 11) is -3.52. The zero-order chi connectivity index (χ0) is 15.5. The van der Waals surface area contributed by atoms with Crippen molar-refractivity contribution in [1.29, 1.82) is 0 Å². The minimum atomic E-state index is -3.52. The maximum Gasteiger partial charge on any atom is 0.241 e. The Hall–Kier alpha value is -0.240. The predicted molar refractivity (Wildman–Crippen MR) is 93.1 cm³/mol. The zero-order valence-electron chi connectivity index (χ0n) is 12.1. The number of rotatable bonds is 5. The molecule has 1 aliphatic rings. The minimum absolute atomic E-state index is 0.0333. The van der Waals surface area contributed by atoms with Crippen LogP contribution in [0.3, 0.4) is 0 Å². The molecule has 1 aromatic carbocycles. The van der Waals surface area contributed by atoms with Crippen molar-refractivity contribution < 1.29 is 8.42 Å². The largest absolute Gasteiger partial charge is 0.399 e. The highest BCUT2D eigenvalue weighted by atomic mass is 79.9. The standard InChI is InChI=1S/C14H21BrN2O2S2/c1-20-14(7-3-2-4-8-14)10-17-21(18,19)13-6-5-11(16)9-12(13)15/h5-6,9,17H,2-4,7-8,10,16H2,1H3. The minimum Gasteiger partial charge on any atom is -0.399 e. The molecular formula is C14H21BrN2O2S2. The molecule has 0 bridgehead atoms. The molecule has 118 valence electrons. The summed E-state index contributed by atoms with van der Waals surface area (Å²) in [5.74, 6) is 0. The maximum absolute atomic E-state index is 12.5. The Balaban J connectivity index is 2.13. The molecule has 2 rings (SSSR count). The van der Waals surface area contributed by atoms with Gasteiger partial charge in [0.25, 0.3) is 0 Å². The first-order chi connectivity index (χ1) is 9.88. The van der Waals surface area contributed by atoms with E-state index in [2.05, 4.69) is 26.9 Å². The van der Waals surface area contributed by atoms with E-state index in [0.717, 1.165) is 12.8 Å². The fourth-order valence-corrected chi connectivity index (χ4v) is 5.91. The number of benzene rings is 1. The summed E-state index contributed by atoms with van der Waals surface area (Å²) in [6.45, 7) is 0.479. The lowest BCUT2D eigenvalue weighted by atomic mass is 9.88. The summed E-state index contributed by atoms with van der Waals surface area (Å²) in [6.07, 6.45) is 7.80. The van der Waals surface area contributed by atoms with Crippen LogP contribution >= 0.6 is 27.7 Å². The Labute approximate surface area is 139 Å². The Morgan fingerprint density at radius 1 is 1.33 bits per heavy atom. The summed E-state index contributed by atoms with van der Waals surface area (Å²) in [5, 5.41) is 0. The average Bonchev–Trinajstić information content (AvgIpc) is 2.46. The number of thioether (sulfide) groups is 1. The number of sulfonamides is 1. The first-order valence-corrected chi connectivity index (χ1v) is 10.5. The van der Waals surface area contributed by atoms with E-state index in [1.54, 1.807) is 23.9 Å². The van der Waals surface area contributed by atoms with Crippen LogP contribution in [0, 0.1) is 0 Å². The van der Waals surface area contributed by atoms with Gasteiger partial charge >= 0.3 is 0 Å². The monoisotopic (exact) mass is 392 g/mol. The van der Waals surface area contributed by atoms with Crippen LogP contribution in [-0.2, 0) is 10.0 Å². The lowest BCUT2D eigenvalue weighted by Crippen LogP contribution is -2.41. The van der Waals surface area contributed by atoms with Crippen LogP contribution in [0.4, 0.5) is 5.69 Å². The van der Waals surface area contributed by atoms with Crippen molar-refractivity contribution in [3.8, 4) is 0 Å². The molecule has 21 heavy (non-hydrogen) atoms. The van der Waals surface area contributed by atoms with E-state index in [-0.39, 0.29) is 9.64 Å². The number of hydrogen-bond acceptors (Lipinski definition) is 4. The van der Waals surface area contributed by atoms with Crippen LogP contribution in [0.2, 0.25) is 0 Å². The molecule has 0 atom stereocenters. The highest BCUT2D eigenvalue weighted by Gasteiger charge is 2.33. The summed E-state index contributed by atoms with van der Waals surface area (Å²) in [5.41, 5.74) is 6.19. The van der Waals surface area contributed by atoms with Gasteiger partial charge in [-0.3, -0.25) is 0 Å². The number of nitrogen functional groups attached to an aromatic ring is 1. The Bertz CT molecular complexity index is 599. The third-order valence-electron chi connectivity index (χ3n) is 4.03. The molecule has 1 saturated carbocycles. The summed E-state index contributed by atoms with van der Waals surface area (Å²) >= 11 is 5.05. The predicted octanol–water partition coefficient (Wildman–Crippen LogP) is 3.38. The molecule has 1 aromatic rings. The molecule has 0 aliphatic heterocycles. The average molecular weight is 393 g/mol. The number of anilines is 1. The second-order valence-electron chi connectivity index (χ2n) is 5.46. The number of halogens is 1. The molecule has 0 radical (unpaired) electrons. The van der Waals surface area contributed by atoms with E-state index in [0.29, 0.717) is 16.7 Å². The normalized spacial score (nSPS) is 18.6. The summed E-state index contributed by atoms with van der Waals surface area (Å²) < 4.78 is 28.3. The molecule has 0 amide bonds. The van der Waals surface area contributed by atoms with E-state index in [1.807, 2.05) is 0 Å². The second kappa shape index (κ2) is 6.89. The van der Waals surface area contributed by atoms with Crippen molar-refractivity contribution in [1.82, 2.24) is 4.72 Å². The van der Waals surface area contributed by atoms with Crippen molar-refractivity contribution in [2.75, 3.05) is 18.5 Å². The molecule has 7 heteroatoms. The number of nitrogens with one attached hydrogen (secondary N) is 1. The Kier molecular flexibility index (Phi) is 5.62. The van der Waals surface area contributed by atoms with Gasteiger partial charge in [-0.1, -0.05) is 19.3 Å². The lowest BCUT2D eigenvalue weighted by Gasteiger charge is -2.35. The van der Waals surface area contributed by atoms with E-state index < -0.39 is 10.0 Å². The Morgan fingerprint density at radius 2 is 2.00 bits per heavy atom. The summed E-state index contributed by atoms with van der Waals surface area (Å²) in [6, 6.07) is 4.75. The van der Waals surface area contributed by atoms with Crippen molar-refractivity contribution in [2.24, 2.45) is 0 Å². The second-order valence-corrected chi connectivity index (χ2v) is 9.33. The zero-order valence-corrected chi connectivity index (χ0v) is 15.3. The van der Waals surface area contributed by atoms with Crippen LogP contribution in [0.15, 0.2) is 27.6 Å². The number of nitrogens with two attached hydrogens (primary N) is 1. The first-order valence-electron chi connectivity index (χ1n) is 6.98. The molecule has 3 N–H and O–H groups in total. The SMILES string of the molecule is CSC1(CNS(=O)(=O)c2ccc(N)cc2Br)CCCCC1. The lowest BCUT2D eigenvalue weighted by molar-refractivity contribution is 0.395. The van der Waals surface area contributed by atoms with Crippen molar-refractivity contribution >= 4 is 43.4 Å². The summed E-state index contributed by atoms with van der Waals surface area (Å²) in [4.78, 5) is 0.240. The van der Waals surface area contributed by atoms with Crippen LogP contribution in [0.25, 0.3) is 0 Å². The van der Waals surface area contributed by atoms with Crippen molar-refractivity contribution in [3.05, 3.63) is 22.7 Å². The van der Waals surface area contributed by atoms with Gasteiger partial charge in [-0.15, -0.1) is 0 Å². The maximum atomic E-state index is 12.5. The molecule has 4 nitrogen and oxygen atoms in total. The van der Waals surface area contributed by atoms with Gasteiger partial charge in [0.2, 0.25) is 10.0 Å². The van der Waals surface area contributed by atoms with Gasteiger partial charge in [0.1, 0.15) is 0 Å². The molecule has 0 heterocycles. The van der Waals surface area contributed by atoms with Gasteiger partial charge in [-0.05, 0) is 53.2 Å². The topological polar surface area (TPSA) is 72.2 Å². The highest BCUT2D eigenvalue weighted by molar-refractivity contribution is 9.10. The molecule has 0 spiro atoms. The van der Waals surface area contributed by atoms with Crippen LogP contribution < -0.4 is 10.5 Å². The Morgan fingerprint density at radius 3 is 2.57 bits per heavy atom. The van der Waals surface area contributed by atoms with E-state index in [4.69, 9.17) is 5.73 Å².